The van der Waals surface area contributed by atoms with Crippen molar-refractivity contribution < 1.29 is 0 Å². The van der Waals surface area contributed by atoms with Crippen LogP contribution >= 0.6 is 11.3 Å². The lowest BCUT2D eigenvalue weighted by Crippen LogP contribution is -2.60. The molecule has 0 saturated heterocycles. The van der Waals surface area contributed by atoms with Crippen LogP contribution in [0, 0.1) is 19.8 Å². The molecule has 62 heavy (non-hydrogen) atoms. The van der Waals surface area contributed by atoms with Crippen LogP contribution in [0.1, 0.15) is 112 Å². The maximum Gasteiger partial charge on any atom is 0.264 e. The monoisotopic (exact) mass is 829 g/mol. The zero-order valence-corrected chi connectivity index (χ0v) is 39.0. The smallest absolute Gasteiger partial charge is 0.264 e. The molecule has 0 fully saturated rings. The molecule has 1 aromatic heterocycles. The molecule has 7 aromatic rings. The molecule has 2 aliphatic rings. The van der Waals surface area contributed by atoms with Crippen LogP contribution < -0.4 is 30.4 Å². The molecule has 3 nitrogen and oxygen atoms in total. The van der Waals surface area contributed by atoms with Gasteiger partial charge in [-0.2, -0.15) is 0 Å². The number of anilines is 9. The second kappa shape index (κ2) is 16.8. The Balaban J connectivity index is 1.33. The van der Waals surface area contributed by atoms with Gasteiger partial charge in [-0.3, -0.25) is 0 Å². The van der Waals surface area contributed by atoms with Crippen molar-refractivity contribution in [3.05, 3.63) is 172 Å². The Bertz CT molecular complexity index is 2760. The van der Waals surface area contributed by atoms with Gasteiger partial charge >= 0.3 is 0 Å². The Morgan fingerprint density at radius 1 is 0.565 bits per heavy atom. The van der Waals surface area contributed by atoms with Crippen molar-refractivity contribution in [1.29, 1.82) is 0 Å². The second-order valence-corrected chi connectivity index (χ2v) is 19.9. The SMILES string of the molecule is Cc1cc2c3c(c1)N(c1ccccc1)c1c(sc(/C=C\CC(C)C)c1C)B3c1ccc(N(c3ccc(C(C)C)cc3)c3cccc(C(C)C)c3)cc1N2c1ccc(C(C)C)cc1. The number of benzene rings is 6. The summed E-state index contributed by atoms with van der Waals surface area (Å²) in [5.41, 5.74) is 20.2. The minimum Gasteiger partial charge on any atom is -0.311 e. The highest BCUT2D eigenvalue weighted by atomic mass is 32.1. The lowest BCUT2D eigenvalue weighted by molar-refractivity contribution is 0.665. The van der Waals surface area contributed by atoms with Crippen molar-refractivity contribution in [1.82, 2.24) is 0 Å². The van der Waals surface area contributed by atoms with Crippen LogP contribution in [0.4, 0.5) is 51.2 Å². The van der Waals surface area contributed by atoms with Gasteiger partial charge in [0.1, 0.15) is 0 Å². The summed E-state index contributed by atoms with van der Waals surface area (Å²) in [7, 11) is 0. The molecule has 0 radical (unpaired) electrons. The van der Waals surface area contributed by atoms with Gasteiger partial charge in [-0.1, -0.05) is 122 Å². The molecule has 0 atom stereocenters. The van der Waals surface area contributed by atoms with Crippen molar-refractivity contribution >= 4 is 91.0 Å². The maximum atomic E-state index is 2.56. The molecule has 0 unspecified atom stereocenters. The predicted octanol–water partition coefficient (Wildman–Crippen LogP) is 15.3. The van der Waals surface area contributed by atoms with E-state index >= 15 is 0 Å². The van der Waals surface area contributed by atoms with Crippen LogP contribution in [-0.2, 0) is 0 Å². The number of hydrogen-bond donors (Lipinski definition) is 0. The van der Waals surface area contributed by atoms with Gasteiger partial charge in [0.2, 0.25) is 0 Å². The molecular weight excluding hydrogens is 770 g/mol. The lowest BCUT2D eigenvalue weighted by atomic mass is 9.36. The van der Waals surface area contributed by atoms with Crippen LogP contribution in [0.15, 0.2) is 140 Å². The van der Waals surface area contributed by atoms with E-state index in [0.29, 0.717) is 23.7 Å². The molecule has 0 spiro atoms. The molecule has 2 aliphatic heterocycles. The third-order valence-corrected chi connectivity index (χ3v) is 14.2. The largest absolute Gasteiger partial charge is 0.311 e. The number of para-hydroxylation sites is 1. The second-order valence-electron chi connectivity index (χ2n) is 18.8. The van der Waals surface area contributed by atoms with Crippen molar-refractivity contribution in [2.24, 2.45) is 5.92 Å². The van der Waals surface area contributed by atoms with Crippen LogP contribution in [0.3, 0.4) is 0 Å². The molecule has 0 aliphatic carbocycles. The minimum absolute atomic E-state index is 0.0600. The Morgan fingerprint density at radius 3 is 1.81 bits per heavy atom. The standard InChI is InChI=1S/C57H60BN3S/c1-36(2)16-14-21-54-41(10)56-57(62-54)58-50-31-30-49(59(46-26-22-42(23-27-46)37(3)4)48-20-15-17-44(34-48)39(7)8)35-51(50)60(47-28-24-43(25-29-47)38(5)6)52-32-40(9)33-53(55(52)58)61(56)45-18-12-11-13-19-45/h11-15,17-39H,16H2,1-10H3/b21-14-. The number of hydrogen-bond acceptors (Lipinski definition) is 4. The van der Waals surface area contributed by atoms with E-state index < -0.39 is 0 Å². The third kappa shape index (κ3) is 7.49. The zero-order valence-electron chi connectivity index (χ0n) is 38.2. The summed E-state index contributed by atoms with van der Waals surface area (Å²) in [6.45, 7) is 22.9. The summed E-state index contributed by atoms with van der Waals surface area (Å²) >= 11 is 1.98. The fourth-order valence-electron chi connectivity index (χ4n) is 9.45. The third-order valence-electron chi connectivity index (χ3n) is 12.9. The van der Waals surface area contributed by atoms with E-state index in [1.165, 1.54) is 88.2 Å². The number of nitrogens with zero attached hydrogens (tertiary/aromatic N) is 3. The molecule has 5 heteroatoms. The zero-order chi connectivity index (χ0) is 43.4. The Labute approximate surface area is 375 Å². The predicted molar refractivity (Wildman–Crippen MR) is 273 cm³/mol. The van der Waals surface area contributed by atoms with E-state index in [-0.39, 0.29) is 6.71 Å². The van der Waals surface area contributed by atoms with Crippen molar-refractivity contribution in [2.75, 3.05) is 14.7 Å². The Kier molecular flexibility index (Phi) is 11.3. The first-order valence-electron chi connectivity index (χ1n) is 22.7. The van der Waals surface area contributed by atoms with E-state index in [1.807, 2.05) is 11.3 Å². The van der Waals surface area contributed by atoms with Gasteiger partial charge in [0.05, 0.1) is 5.69 Å². The van der Waals surface area contributed by atoms with Gasteiger partial charge in [-0.25, -0.2) is 0 Å². The first kappa shape index (κ1) is 41.6. The Hall–Kier alpha value is -5.78. The van der Waals surface area contributed by atoms with Crippen molar-refractivity contribution in [2.45, 2.75) is 93.4 Å². The quantitative estimate of drug-likeness (QED) is 0.120. The minimum atomic E-state index is 0.0600. The van der Waals surface area contributed by atoms with Gasteiger partial charge in [-0.15, -0.1) is 11.3 Å². The van der Waals surface area contributed by atoms with Crippen LogP contribution in [-0.4, -0.2) is 6.71 Å². The molecule has 312 valence electrons. The van der Waals surface area contributed by atoms with E-state index in [1.54, 1.807) is 0 Å². The molecular formula is C57H60BN3S. The van der Waals surface area contributed by atoms with Crippen LogP contribution in [0.25, 0.3) is 6.08 Å². The molecule has 0 bridgehead atoms. The lowest BCUT2D eigenvalue weighted by Gasteiger charge is -2.44. The van der Waals surface area contributed by atoms with Gasteiger partial charge in [0.25, 0.3) is 6.71 Å². The van der Waals surface area contributed by atoms with Crippen molar-refractivity contribution in [3.8, 4) is 0 Å². The number of thiophene rings is 1. The van der Waals surface area contributed by atoms with Gasteiger partial charge < -0.3 is 14.7 Å². The fourth-order valence-corrected chi connectivity index (χ4v) is 10.8. The summed E-state index contributed by atoms with van der Waals surface area (Å²) in [5, 5.41) is 0. The highest BCUT2D eigenvalue weighted by Gasteiger charge is 2.45. The van der Waals surface area contributed by atoms with Crippen molar-refractivity contribution in [3.63, 3.8) is 0 Å². The molecule has 9 rings (SSSR count). The van der Waals surface area contributed by atoms with E-state index in [0.717, 1.165) is 17.8 Å². The summed E-state index contributed by atoms with van der Waals surface area (Å²) in [5.74, 6) is 1.93. The number of rotatable bonds is 11. The first-order chi connectivity index (χ1) is 29.9. The Morgan fingerprint density at radius 2 is 1.16 bits per heavy atom. The molecule has 0 N–H and O–H groups in total. The normalized spacial score (nSPS) is 13.2. The van der Waals surface area contributed by atoms with E-state index in [9.17, 15) is 0 Å². The fraction of sp³-hybridized carbons (Fsp3) is 0.263. The average Bonchev–Trinajstić information content (AvgIpc) is 3.58. The van der Waals surface area contributed by atoms with Gasteiger partial charge in [0, 0.05) is 55.2 Å². The molecule has 0 saturated carbocycles. The van der Waals surface area contributed by atoms with E-state index in [4.69, 9.17) is 0 Å². The highest BCUT2D eigenvalue weighted by Crippen LogP contribution is 2.49. The van der Waals surface area contributed by atoms with Gasteiger partial charge in [-0.05, 0) is 162 Å². The van der Waals surface area contributed by atoms with Crippen LogP contribution in [0.5, 0.6) is 0 Å². The molecule has 6 aromatic carbocycles. The molecule has 3 heterocycles. The van der Waals surface area contributed by atoms with Gasteiger partial charge in [0.15, 0.2) is 0 Å². The number of aryl methyl sites for hydroxylation is 1. The van der Waals surface area contributed by atoms with E-state index in [2.05, 4.69) is 230 Å². The van der Waals surface area contributed by atoms with Crippen LogP contribution in [0.2, 0.25) is 0 Å². The first-order valence-corrected chi connectivity index (χ1v) is 23.5. The molecule has 0 amide bonds. The average molecular weight is 830 g/mol. The summed E-state index contributed by atoms with van der Waals surface area (Å²) in [6, 6.07) is 50.8. The maximum absolute atomic E-state index is 2.56. The summed E-state index contributed by atoms with van der Waals surface area (Å²) in [6.07, 6.45) is 5.83. The highest BCUT2D eigenvalue weighted by molar-refractivity contribution is 7.29. The summed E-state index contributed by atoms with van der Waals surface area (Å²) < 4.78 is 1.41. The number of fused-ring (bicyclic) bond motifs is 4. The summed E-state index contributed by atoms with van der Waals surface area (Å²) in [4.78, 5) is 8.93. The number of allylic oxidation sites excluding steroid dienone is 1. The topological polar surface area (TPSA) is 9.72 Å².